The molecule has 4 rings (SSSR count). The Hall–Kier alpha value is -3.55. The number of carbonyl (C=O) groups is 1. The Labute approximate surface area is 174 Å². The van der Waals surface area contributed by atoms with Crippen LogP contribution in [0.2, 0.25) is 0 Å². The maximum Gasteiger partial charge on any atom is 0.251 e. The first-order valence-corrected chi connectivity index (χ1v) is 10.9. The molecule has 0 atom stereocenters. The van der Waals surface area contributed by atoms with Crippen LogP contribution >= 0.6 is 11.3 Å². The van der Waals surface area contributed by atoms with Crippen molar-refractivity contribution in [2.24, 2.45) is 5.14 Å². The average molecular weight is 445 g/mol. The summed E-state index contributed by atoms with van der Waals surface area (Å²) in [6, 6.07) is 11.0. The van der Waals surface area contributed by atoms with E-state index in [4.69, 9.17) is 10.9 Å². The monoisotopic (exact) mass is 444 g/mol. The van der Waals surface area contributed by atoms with E-state index in [2.05, 4.69) is 25.7 Å². The first kappa shape index (κ1) is 19.8. The minimum absolute atomic E-state index is 0.00310. The fourth-order valence-corrected chi connectivity index (χ4v) is 4.14. The van der Waals surface area contributed by atoms with Crippen LogP contribution in [-0.4, -0.2) is 41.1 Å². The quantitative estimate of drug-likeness (QED) is 0.356. The van der Waals surface area contributed by atoms with Crippen LogP contribution in [0.4, 0.5) is 17.6 Å². The highest BCUT2D eigenvalue weighted by Crippen LogP contribution is 2.27. The minimum Gasteiger partial charge on any atom is -0.368 e. The number of nitrogens with zero attached hydrogens (tertiary/aromatic N) is 4. The summed E-state index contributed by atoms with van der Waals surface area (Å²) < 4.78 is 24.9. The Balaban J connectivity index is 1.61. The second-order valence-corrected chi connectivity index (χ2v) is 8.73. The van der Waals surface area contributed by atoms with E-state index in [9.17, 15) is 13.2 Å². The summed E-state index contributed by atoms with van der Waals surface area (Å²) in [6.45, 7) is 0. The molecule has 0 fully saturated rings. The van der Waals surface area contributed by atoms with Gasteiger partial charge in [0.1, 0.15) is 0 Å². The second kappa shape index (κ2) is 7.37. The lowest BCUT2D eigenvalue weighted by Gasteiger charge is -2.02. The molecule has 1 amide bonds. The number of nitrogens with two attached hydrogens (primary N) is 2. The van der Waals surface area contributed by atoms with Crippen LogP contribution in [0.25, 0.3) is 15.3 Å². The predicted molar refractivity (Wildman–Crippen MR) is 113 cm³/mol. The van der Waals surface area contributed by atoms with E-state index in [0.29, 0.717) is 21.9 Å². The molecule has 0 bridgehead atoms. The molecule has 0 aliphatic heterocycles. The highest BCUT2D eigenvalue weighted by molar-refractivity contribution is 7.89. The van der Waals surface area contributed by atoms with E-state index >= 15 is 0 Å². The first-order valence-electron chi connectivity index (χ1n) is 8.50. The van der Waals surface area contributed by atoms with Gasteiger partial charge < -0.3 is 16.4 Å². The number of hydrogen-bond acceptors (Lipinski definition) is 9. The lowest BCUT2D eigenvalue weighted by molar-refractivity contribution is 0.0963. The number of nitrogens with one attached hydrogen (secondary N) is 2. The lowest BCUT2D eigenvalue weighted by atomic mass is 10.2. The van der Waals surface area contributed by atoms with Gasteiger partial charge in [0.05, 0.1) is 15.1 Å². The van der Waals surface area contributed by atoms with Gasteiger partial charge in [0.15, 0.2) is 0 Å². The molecule has 13 heteroatoms. The third kappa shape index (κ3) is 3.80. The summed E-state index contributed by atoms with van der Waals surface area (Å²) >= 11 is 1.31. The van der Waals surface area contributed by atoms with Crippen molar-refractivity contribution in [1.82, 2.24) is 25.1 Å². The molecule has 4 aromatic rings. The van der Waals surface area contributed by atoms with Crippen molar-refractivity contribution in [3.63, 3.8) is 0 Å². The van der Waals surface area contributed by atoms with Crippen molar-refractivity contribution in [1.29, 1.82) is 0 Å². The number of amides is 1. The predicted octanol–water partition coefficient (Wildman–Crippen LogP) is 1.21. The van der Waals surface area contributed by atoms with Gasteiger partial charge in [-0.05, 0) is 42.5 Å². The second-order valence-electron chi connectivity index (χ2n) is 6.16. The van der Waals surface area contributed by atoms with Crippen molar-refractivity contribution < 1.29 is 13.2 Å². The number of primary sulfonamides is 1. The van der Waals surface area contributed by atoms with Crippen molar-refractivity contribution >= 4 is 55.1 Å². The maximum atomic E-state index is 11.8. The Morgan fingerprint density at radius 3 is 2.53 bits per heavy atom. The van der Waals surface area contributed by atoms with E-state index in [1.54, 1.807) is 25.2 Å². The molecule has 154 valence electrons. The standard InChI is InChI=1S/C17H16N8O3S2/c1-20-14(26)9-2-7-12-13(8-9)29-17(22-12)25-15(18)23-16(24-25)21-10-3-5-11(6-4-10)30(19,27)28/h2-8H,1H3,(H,20,26)(H2,19,27,28)(H3,18,21,23,24). The molecule has 2 heterocycles. The molecule has 0 spiro atoms. The highest BCUT2D eigenvalue weighted by Gasteiger charge is 2.15. The van der Waals surface area contributed by atoms with E-state index < -0.39 is 10.0 Å². The summed E-state index contributed by atoms with van der Waals surface area (Å²) in [5, 5.41) is 15.4. The number of anilines is 3. The Morgan fingerprint density at radius 2 is 1.87 bits per heavy atom. The van der Waals surface area contributed by atoms with Gasteiger partial charge >= 0.3 is 0 Å². The van der Waals surface area contributed by atoms with Gasteiger partial charge in [0.25, 0.3) is 5.91 Å². The SMILES string of the molecule is CNC(=O)c1ccc2nc(-n3nc(Nc4ccc(S(N)(=O)=O)cc4)nc3N)sc2c1. The smallest absolute Gasteiger partial charge is 0.251 e. The number of aromatic nitrogens is 4. The van der Waals surface area contributed by atoms with Crippen molar-refractivity contribution in [2.75, 3.05) is 18.1 Å². The molecule has 0 aliphatic carbocycles. The molecule has 2 aromatic heterocycles. The Kier molecular flexibility index (Phi) is 4.85. The zero-order valence-corrected chi connectivity index (χ0v) is 17.2. The summed E-state index contributed by atoms with van der Waals surface area (Å²) in [5.41, 5.74) is 7.77. The van der Waals surface area contributed by atoms with Gasteiger partial charge in [-0.15, -0.1) is 5.10 Å². The summed E-state index contributed by atoms with van der Waals surface area (Å²) in [6.07, 6.45) is 0. The zero-order chi connectivity index (χ0) is 21.5. The molecular formula is C17H16N8O3S2. The Morgan fingerprint density at radius 1 is 1.13 bits per heavy atom. The fourth-order valence-electron chi connectivity index (χ4n) is 2.66. The molecular weight excluding hydrogens is 428 g/mol. The van der Waals surface area contributed by atoms with Crippen molar-refractivity contribution in [3.05, 3.63) is 48.0 Å². The average Bonchev–Trinajstić information content (AvgIpc) is 3.29. The zero-order valence-electron chi connectivity index (χ0n) is 15.5. The molecule has 0 saturated heterocycles. The van der Waals surface area contributed by atoms with E-state index in [0.717, 1.165) is 4.70 Å². The van der Waals surface area contributed by atoms with Crippen LogP contribution in [0.5, 0.6) is 0 Å². The molecule has 2 aromatic carbocycles. The summed E-state index contributed by atoms with van der Waals surface area (Å²) in [4.78, 5) is 20.5. The van der Waals surface area contributed by atoms with Crippen molar-refractivity contribution in [3.8, 4) is 5.13 Å². The van der Waals surface area contributed by atoms with Crippen LogP contribution in [0.3, 0.4) is 0 Å². The summed E-state index contributed by atoms with van der Waals surface area (Å²) in [5.74, 6) is 0.137. The normalized spacial score (nSPS) is 11.5. The largest absolute Gasteiger partial charge is 0.368 e. The number of rotatable bonds is 5. The number of carbonyl (C=O) groups excluding carboxylic acids is 1. The van der Waals surface area contributed by atoms with E-state index in [1.165, 1.54) is 40.3 Å². The molecule has 6 N–H and O–H groups in total. The number of thiazole rings is 1. The topological polar surface area (TPSA) is 171 Å². The van der Waals surface area contributed by atoms with E-state index in [1.807, 2.05) is 0 Å². The van der Waals surface area contributed by atoms with Gasteiger partial charge in [-0.2, -0.15) is 9.67 Å². The number of sulfonamides is 1. The molecule has 11 nitrogen and oxygen atoms in total. The van der Waals surface area contributed by atoms with Crippen LogP contribution in [0.15, 0.2) is 47.4 Å². The van der Waals surface area contributed by atoms with E-state index in [-0.39, 0.29) is 22.7 Å². The van der Waals surface area contributed by atoms with Crippen LogP contribution in [0.1, 0.15) is 10.4 Å². The van der Waals surface area contributed by atoms with Crippen LogP contribution in [0, 0.1) is 0 Å². The minimum atomic E-state index is -3.77. The highest BCUT2D eigenvalue weighted by atomic mass is 32.2. The molecule has 0 unspecified atom stereocenters. The van der Waals surface area contributed by atoms with Gasteiger partial charge in [0.2, 0.25) is 27.1 Å². The lowest BCUT2D eigenvalue weighted by Crippen LogP contribution is -2.17. The van der Waals surface area contributed by atoms with Crippen molar-refractivity contribution in [2.45, 2.75) is 4.90 Å². The number of hydrogen-bond donors (Lipinski definition) is 4. The maximum absolute atomic E-state index is 11.8. The number of benzene rings is 2. The first-order chi connectivity index (χ1) is 14.2. The summed E-state index contributed by atoms with van der Waals surface area (Å²) in [7, 11) is -2.20. The number of nitrogen functional groups attached to an aromatic ring is 1. The molecule has 0 aliphatic rings. The van der Waals surface area contributed by atoms with Gasteiger partial charge in [-0.25, -0.2) is 18.5 Å². The third-order valence-electron chi connectivity index (χ3n) is 4.12. The van der Waals surface area contributed by atoms with Gasteiger partial charge in [-0.3, -0.25) is 4.79 Å². The molecule has 0 radical (unpaired) electrons. The van der Waals surface area contributed by atoms with Crippen LogP contribution < -0.4 is 21.5 Å². The molecule has 0 saturated carbocycles. The third-order valence-corrected chi connectivity index (χ3v) is 6.04. The number of fused-ring (bicyclic) bond motifs is 1. The van der Waals surface area contributed by atoms with Gasteiger partial charge in [0, 0.05) is 18.3 Å². The molecule has 30 heavy (non-hydrogen) atoms. The fraction of sp³-hybridized carbons (Fsp3) is 0.0588. The van der Waals surface area contributed by atoms with Gasteiger partial charge in [-0.1, -0.05) is 11.3 Å². The van der Waals surface area contributed by atoms with Crippen LogP contribution in [-0.2, 0) is 10.0 Å². The Bertz CT molecular complexity index is 1360.